The molecule has 5 nitrogen and oxygen atoms in total. The van der Waals surface area contributed by atoms with Crippen molar-refractivity contribution in [2.24, 2.45) is 0 Å². The van der Waals surface area contributed by atoms with Crippen LogP contribution >= 0.6 is 0 Å². The minimum Gasteiger partial charge on any atom is -0.447 e. The summed E-state index contributed by atoms with van der Waals surface area (Å²) in [6.07, 6.45) is 0.241. The third-order valence-corrected chi connectivity index (χ3v) is 1.51. The van der Waals surface area contributed by atoms with Gasteiger partial charge in [-0.15, -0.1) is 0 Å². The first kappa shape index (κ1) is 9.44. The molecule has 0 aromatic heterocycles. The predicted octanol–water partition coefficient (Wildman–Crippen LogP) is -0.0522. The molecule has 0 amide bonds. The van der Waals surface area contributed by atoms with Crippen molar-refractivity contribution in [3.63, 3.8) is 0 Å². The Kier molecular flexibility index (Phi) is 2.79. The van der Waals surface area contributed by atoms with Gasteiger partial charge in [-0.2, -0.15) is 0 Å². The van der Waals surface area contributed by atoms with Gasteiger partial charge in [0, 0.05) is 12.5 Å². The highest BCUT2D eigenvalue weighted by Crippen LogP contribution is 2.12. The predicted molar refractivity (Wildman–Crippen MR) is 40.4 cm³/mol. The molecule has 0 radical (unpaired) electrons. The summed E-state index contributed by atoms with van der Waals surface area (Å²) >= 11 is 0. The molecule has 13 heavy (non-hydrogen) atoms. The Hall–Kier alpha value is -1.65. The molecule has 1 heterocycles. The average Bonchev–Trinajstić information content (AvgIpc) is 2.09. The molecule has 70 valence electrons. The molecule has 0 aliphatic carbocycles. The van der Waals surface area contributed by atoms with Crippen LogP contribution < -0.4 is 0 Å². The van der Waals surface area contributed by atoms with E-state index in [1.807, 2.05) is 0 Å². The van der Waals surface area contributed by atoms with Crippen LogP contribution in [0.5, 0.6) is 0 Å². The maximum Gasteiger partial charge on any atom is 0.355 e. The van der Waals surface area contributed by atoms with Crippen molar-refractivity contribution in [2.45, 2.75) is 18.9 Å². The molecule has 0 aromatic rings. The molecule has 1 saturated heterocycles. The molecule has 1 atom stereocenters. The van der Waals surface area contributed by atoms with Gasteiger partial charge in [-0.05, 0) is 0 Å². The van der Waals surface area contributed by atoms with Crippen molar-refractivity contribution >= 4 is 17.9 Å². The molecule has 0 saturated carbocycles. The first-order chi connectivity index (χ1) is 6.13. The number of rotatable bonds is 2. The topological polar surface area (TPSA) is 69.7 Å². The molecule has 1 rings (SSSR count). The second-order valence-electron chi connectivity index (χ2n) is 2.46. The normalized spacial score (nSPS) is 22.0. The largest absolute Gasteiger partial charge is 0.447 e. The van der Waals surface area contributed by atoms with Crippen molar-refractivity contribution in [3.05, 3.63) is 12.7 Å². The molecular weight excluding hydrogens is 176 g/mol. The van der Waals surface area contributed by atoms with Gasteiger partial charge in [-0.25, -0.2) is 9.59 Å². The van der Waals surface area contributed by atoms with Crippen LogP contribution in [0.15, 0.2) is 12.7 Å². The van der Waals surface area contributed by atoms with E-state index < -0.39 is 24.0 Å². The van der Waals surface area contributed by atoms with Crippen LogP contribution in [-0.4, -0.2) is 24.0 Å². The molecule has 1 unspecified atom stereocenters. The van der Waals surface area contributed by atoms with Gasteiger partial charge in [0.05, 0.1) is 6.42 Å². The maximum absolute atomic E-state index is 10.9. The lowest BCUT2D eigenvalue weighted by Crippen LogP contribution is -2.35. The van der Waals surface area contributed by atoms with Crippen LogP contribution in [0.3, 0.4) is 0 Å². The van der Waals surface area contributed by atoms with Crippen molar-refractivity contribution in [2.75, 3.05) is 0 Å². The van der Waals surface area contributed by atoms with E-state index in [1.54, 1.807) is 0 Å². The zero-order valence-electron chi connectivity index (χ0n) is 6.82. The highest BCUT2D eigenvalue weighted by Gasteiger charge is 2.31. The van der Waals surface area contributed by atoms with Crippen LogP contribution in [0.25, 0.3) is 0 Å². The number of ether oxygens (including phenoxy) is 2. The number of carbonyl (C=O) groups is 3. The first-order valence-corrected chi connectivity index (χ1v) is 3.71. The Bertz CT molecular complexity index is 268. The summed E-state index contributed by atoms with van der Waals surface area (Å²) < 4.78 is 8.87. The standard InChI is InChI=1S/C8H8O5/c1-2-6(9)12-5-3-4-7(10)13-8(5)11/h2,5H,1,3-4H2. The fourth-order valence-electron chi connectivity index (χ4n) is 0.891. The number of esters is 3. The SMILES string of the molecule is C=CC(=O)OC1CCC(=O)OC1=O. The molecule has 5 heteroatoms. The summed E-state index contributed by atoms with van der Waals surface area (Å²) in [6, 6.07) is 0. The van der Waals surface area contributed by atoms with E-state index in [1.165, 1.54) is 0 Å². The number of hydrogen-bond acceptors (Lipinski definition) is 5. The fraction of sp³-hybridized carbons (Fsp3) is 0.375. The van der Waals surface area contributed by atoms with Crippen LogP contribution in [0, 0.1) is 0 Å². The van der Waals surface area contributed by atoms with E-state index in [4.69, 9.17) is 0 Å². The van der Waals surface area contributed by atoms with E-state index in [0.29, 0.717) is 0 Å². The molecule has 0 aromatic carbocycles. The molecule has 1 fully saturated rings. The minimum absolute atomic E-state index is 0.0842. The van der Waals surface area contributed by atoms with Gasteiger partial charge in [0.15, 0.2) is 6.10 Å². The third-order valence-electron chi connectivity index (χ3n) is 1.51. The Balaban J connectivity index is 2.51. The lowest BCUT2D eigenvalue weighted by Gasteiger charge is -2.18. The Morgan fingerprint density at radius 2 is 2.31 bits per heavy atom. The Morgan fingerprint density at radius 3 is 2.85 bits per heavy atom. The van der Waals surface area contributed by atoms with E-state index in [-0.39, 0.29) is 12.8 Å². The highest BCUT2D eigenvalue weighted by atomic mass is 16.6. The lowest BCUT2D eigenvalue weighted by atomic mass is 10.1. The molecule has 0 spiro atoms. The second-order valence-corrected chi connectivity index (χ2v) is 2.46. The monoisotopic (exact) mass is 184 g/mol. The minimum atomic E-state index is -0.969. The summed E-state index contributed by atoms with van der Waals surface area (Å²) in [5, 5.41) is 0. The van der Waals surface area contributed by atoms with E-state index >= 15 is 0 Å². The van der Waals surface area contributed by atoms with Gasteiger partial charge < -0.3 is 9.47 Å². The summed E-state index contributed by atoms with van der Waals surface area (Å²) in [6.45, 7) is 3.17. The van der Waals surface area contributed by atoms with Gasteiger partial charge >= 0.3 is 17.9 Å². The zero-order valence-corrected chi connectivity index (χ0v) is 6.82. The lowest BCUT2D eigenvalue weighted by molar-refractivity contribution is -0.178. The van der Waals surface area contributed by atoms with Gasteiger partial charge in [0.2, 0.25) is 0 Å². The smallest absolute Gasteiger partial charge is 0.355 e. The molecule has 1 aliphatic heterocycles. The van der Waals surface area contributed by atoms with Gasteiger partial charge in [0.25, 0.3) is 0 Å². The zero-order chi connectivity index (χ0) is 9.84. The first-order valence-electron chi connectivity index (χ1n) is 3.71. The molecule has 0 bridgehead atoms. The van der Waals surface area contributed by atoms with Crippen molar-refractivity contribution in [3.8, 4) is 0 Å². The van der Waals surface area contributed by atoms with Crippen molar-refractivity contribution in [1.82, 2.24) is 0 Å². The summed E-state index contributed by atoms with van der Waals surface area (Å²) in [5.41, 5.74) is 0. The van der Waals surface area contributed by atoms with Gasteiger partial charge in [-0.3, -0.25) is 4.79 Å². The van der Waals surface area contributed by atoms with Crippen LogP contribution in [0.1, 0.15) is 12.8 Å². The van der Waals surface area contributed by atoms with Crippen LogP contribution in [0.2, 0.25) is 0 Å². The Labute approximate surface area is 74.3 Å². The number of carbonyl (C=O) groups excluding carboxylic acids is 3. The number of cyclic esters (lactones) is 2. The maximum atomic E-state index is 10.9. The summed E-state index contributed by atoms with van der Waals surface area (Å²) in [5.74, 6) is -2.10. The highest BCUT2D eigenvalue weighted by molar-refractivity contribution is 5.92. The van der Waals surface area contributed by atoms with Crippen molar-refractivity contribution < 1.29 is 23.9 Å². The molecular formula is C8H8O5. The van der Waals surface area contributed by atoms with Gasteiger partial charge in [-0.1, -0.05) is 6.58 Å². The molecule has 0 N–H and O–H groups in total. The fourth-order valence-corrected chi connectivity index (χ4v) is 0.891. The third kappa shape index (κ3) is 2.40. The van der Waals surface area contributed by atoms with E-state index in [9.17, 15) is 14.4 Å². The van der Waals surface area contributed by atoms with Crippen LogP contribution in [-0.2, 0) is 23.9 Å². The van der Waals surface area contributed by atoms with Crippen molar-refractivity contribution in [1.29, 1.82) is 0 Å². The van der Waals surface area contributed by atoms with E-state index in [0.717, 1.165) is 6.08 Å². The number of hydrogen-bond donors (Lipinski definition) is 0. The molecule has 1 aliphatic rings. The second kappa shape index (κ2) is 3.84. The summed E-state index contributed by atoms with van der Waals surface area (Å²) in [4.78, 5) is 32.1. The van der Waals surface area contributed by atoms with E-state index in [2.05, 4.69) is 16.1 Å². The van der Waals surface area contributed by atoms with Crippen LogP contribution in [0.4, 0.5) is 0 Å². The average molecular weight is 184 g/mol. The quantitative estimate of drug-likeness (QED) is 0.342. The van der Waals surface area contributed by atoms with Gasteiger partial charge in [0.1, 0.15) is 0 Å². The summed E-state index contributed by atoms with van der Waals surface area (Å²) in [7, 11) is 0. The Morgan fingerprint density at radius 1 is 1.62 bits per heavy atom.